The molecule has 0 aromatic rings. The molecule has 1 N–H and O–H groups in total. The number of nitrogens with one attached hydrogen (secondary N) is 1. The van der Waals surface area contributed by atoms with Gasteiger partial charge in [0.2, 0.25) is 5.91 Å². The quantitative estimate of drug-likeness (QED) is 0.860. The van der Waals surface area contributed by atoms with Crippen molar-refractivity contribution in [3.8, 4) is 0 Å². The fourth-order valence-electron chi connectivity index (χ4n) is 2.95. The topological polar surface area (TPSA) is 61.9 Å². The minimum atomic E-state index is -0.469. The van der Waals surface area contributed by atoms with Crippen LogP contribution in [0.1, 0.15) is 46.5 Å². The Morgan fingerprint density at radius 3 is 2.36 bits per heavy atom. The Balaban J connectivity index is 1.75. The molecule has 2 heterocycles. The molecule has 0 bridgehead atoms. The number of carbonyl (C=O) groups excluding carboxylic acids is 2. The molecule has 2 aliphatic heterocycles. The van der Waals surface area contributed by atoms with E-state index in [0.717, 1.165) is 45.3 Å². The number of amides is 2. The molecule has 0 saturated carbocycles. The third-order valence-electron chi connectivity index (χ3n) is 4.07. The second-order valence-electron chi connectivity index (χ2n) is 7.23. The van der Waals surface area contributed by atoms with E-state index in [0.29, 0.717) is 13.1 Å². The summed E-state index contributed by atoms with van der Waals surface area (Å²) in [5.41, 5.74) is -0.469. The molecule has 2 amide bonds. The summed E-state index contributed by atoms with van der Waals surface area (Å²) in [6.07, 6.45) is 3.90. The molecule has 0 aliphatic carbocycles. The van der Waals surface area contributed by atoms with Gasteiger partial charge in [-0.25, -0.2) is 4.79 Å². The van der Waals surface area contributed by atoms with Crippen molar-refractivity contribution in [2.75, 3.05) is 32.7 Å². The van der Waals surface area contributed by atoms with Crippen molar-refractivity contribution in [2.45, 2.75) is 58.1 Å². The van der Waals surface area contributed by atoms with Gasteiger partial charge in [0, 0.05) is 32.2 Å². The number of rotatable bonds is 3. The summed E-state index contributed by atoms with van der Waals surface area (Å²) in [5.74, 6) is 0.173. The van der Waals surface area contributed by atoms with Crippen LogP contribution >= 0.6 is 0 Å². The fourth-order valence-corrected chi connectivity index (χ4v) is 2.95. The lowest BCUT2D eigenvalue weighted by Gasteiger charge is -2.34. The van der Waals surface area contributed by atoms with Crippen molar-refractivity contribution in [3.63, 3.8) is 0 Å². The molecule has 6 heteroatoms. The van der Waals surface area contributed by atoms with Crippen molar-refractivity contribution in [1.82, 2.24) is 15.1 Å². The third kappa shape index (κ3) is 5.16. The first-order valence-electron chi connectivity index (χ1n) is 8.34. The van der Waals surface area contributed by atoms with Crippen molar-refractivity contribution in [2.24, 2.45) is 0 Å². The summed E-state index contributed by atoms with van der Waals surface area (Å²) in [7, 11) is 0. The monoisotopic (exact) mass is 311 g/mol. The van der Waals surface area contributed by atoms with Gasteiger partial charge in [-0.15, -0.1) is 0 Å². The summed E-state index contributed by atoms with van der Waals surface area (Å²) in [6, 6.07) is 0.174. The van der Waals surface area contributed by atoms with E-state index in [2.05, 4.69) is 5.32 Å². The largest absolute Gasteiger partial charge is 0.444 e. The summed E-state index contributed by atoms with van der Waals surface area (Å²) in [6.45, 7) is 9.10. The van der Waals surface area contributed by atoms with Crippen LogP contribution in [0, 0.1) is 0 Å². The van der Waals surface area contributed by atoms with Crippen LogP contribution in [0.25, 0.3) is 0 Å². The SMILES string of the molecule is CC(C)(C)OC(=O)N1CCCC(NCC(=O)N2CCCC2)C1. The molecular formula is C16H29N3O3. The van der Waals surface area contributed by atoms with Crippen molar-refractivity contribution in [1.29, 1.82) is 0 Å². The van der Waals surface area contributed by atoms with Crippen LogP contribution in [-0.2, 0) is 9.53 Å². The molecular weight excluding hydrogens is 282 g/mol. The first-order chi connectivity index (χ1) is 10.3. The van der Waals surface area contributed by atoms with Crippen molar-refractivity contribution >= 4 is 12.0 Å². The normalized spacial score (nSPS) is 22.8. The van der Waals surface area contributed by atoms with Gasteiger partial charge >= 0.3 is 6.09 Å². The van der Waals surface area contributed by atoms with Crippen LogP contribution in [0.3, 0.4) is 0 Å². The predicted molar refractivity (Wildman–Crippen MR) is 84.6 cm³/mol. The van der Waals surface area contributed by atoms with Crippen LogP contribution < -0.4 is 5.32 Å². The zero-order valence-electron chi connectivity index (χ0n) is 14.1. The first kappa shape index (κ1) is 17.1. The summed E-state index contributed by atoms with van der Waals surface area (Å²) >= 11 is 0. The summed E-state index contributed by atoms with van der Waals surface area (Å²) in [4.78, 5) is 27.8. The number of hydrogen-bond donors (Lipinski definition) is 1. The Kier molecular flexibility index (Phi) is 5.67. The van der Waals surface area contributed by atoms with E-state index in [1.807, 2.05) is 25.7 Å². The second kappa shape index (κ2) is 7.31. The second-order valence-corrected chi connectivity index (χ2v) is 7.23. The standard InChI is InChI=1S/C16H29N3O3/c1-16(2,3)22-15(21)19-10-6-7-13(12-19)17-11-14(20)18-8-4-5-9-18/h13,17H,4-12H2,1-3H3. The summed E-state index contributed by atoms with van der Waals surface area (Å²) < 4.78 is 5.42. The molecule has 2 aliphatic rings. The van der Waals surface area contributed by atoms with Gasteiger partial charge in [0.05, 0.1) is 6.54 Å². The lowest BCUT2D eigenvalue weighted by atomic mass is 10.1. The van der Waals surface area contributed by atoms with Gasteiger partial charge in [-0.05, 0) is 46.5 Å². The van der Waals surface area contributed by atoms with E-state index in [9.17, 15) is 9.59 Å². The van der Waals surface area contributed by atoms with Gasteiger partial charge in [-0.2, -0.15) is 0 Å². The Morgan fingerprint density at radius 1 is 1.09 bits per heavy atom. The lowest BCUT2D eigenvalue weighted by Crippen LogP contribution is -2.51. The minimum Gasteiger partial charge on any atom is -0.444 e. The molecule has 0 radical (unpaired) electrons. The van der Waals surface area contributed by atoms with Gasteiger partial charge in [0.25, 0.3) is 0 Å². The molecule has 6 nitrogen and oxygen atoms in total. The number of hydrogen-bond acceptors (Lipinski definition) is 4. The number of nitrogens with zero attached hydrogens (tertiary/aromatic N) is 2. The molecule has 126 valence electrons. The molecule has 2 rings (SSSR count). The highest BCUT2D eigenvalue weighted by Crippen LogP contribution is 2.15. The van der Waals surface area contributed by atoms with Crippen LogP contribution in [0.15, 0.2) is 0 Å². The van der Waals surface area contributed by atoms with Crippen molar-refractivity contribution in [3.05, 3.63) is 0 Å². The molecule has 0 spiro atoms. The zero-order valence-corrected chi connectivity index (χ0v) is 14.1. The van der Waals surface area contributed by atoms with Crippen LogP contribution in [0.2, 0.25) is 0 Å². The average molecular weight is 311 g/mol. The first-order valence-corrected chi connectivity index (χ1v) is 8.34. The Labute approximate surface area is 133 Å². The van der Waals surface area contributed by atoms with Gasteiger partial charge in [0.1, 0.15) is 5.60 Å². The van der Waals surface area contributed by atoms with E-state index in [1.54, 1.807) is 4.90 Å². The van der Waals surface area contributed by atoms with Crippen LogP contribution in [-0.4, -0.2) is 66.2 Å². The zero-order chi connectivity index (χ0) is 16.2. The number of ether oxygens (including phenoxy) is 1. The Hall–Kier alpha value is -1.30. The van der Waals surface area contributed by atoms with Gasteiger partial charge < -0.3 is 19.9 Å². The molecule has 2 fully saturated rings. The average Bonchev–Trinajstić information content (AvgIpc) is 2.97. The molecule has 1 unspecified atom stereocenters. The molecule has 0 aromatic carbocycles. The maximum absolute atomic E-state index is 12.1. The fraction of sp³-hybridized carbons (Fsp3) is 0.875. The van der Waals surface area contributed by atoms with Gasteiger partial charge in [-0.1, -0.05) is 0 Å². The van der Waals surface area contributed by atoms with E-state index in [1.165, 1.54) is 0 Å². The van der Waals surface area contributed by atoms with Crippen LogP contribution in [0.5, 0.6) is 0 Å². The Bertz CT molecular complexity index is 400. The molecule has 1 atom stereocenters. The van der Waals surface area contributed by atoms with Crippen molar-refractivity contribution < 1.29 is 14.3 Å². The lowest BCUT2D eigenvalue weighted by molar-refractivity contribution is -0.129. The van der Waals surface area contributed by atoms with E-state index in [-0.39, 0.29) is 18.0 Å². The van der Waals surface area contributed by atoms with E-state index in [4.69, 9.17) is 4.74 Å². The predicted octanol–water partition coefficient (Wildman–Crippen LogP) is 1.60. The van der Waals surface area contributed by atoms with E-state index >= 15 is 0 Å². The van der Waals surface area contributed by atoms with Gasteiger partial charge in [0.15, 0.2) is 0 Å². The molecule has 22 heavy (non-hydrogen) atoms. The number of piperidine rings is 1. The molecule has 0 aromatic heterocycles. The third-order valence-corrected chi connectivity index (χ3v) is 4.07. The highest BCUT2D eigenvalue weighted by molar-refractivity contribution is 5.78. The maximum Gasteiger partial charge on any atom is 0.410 e. The Morgan fingerprint density at radius 2 is 1.73 bits per heavy atom. The number of carbonyl (C=O) groups is 2. The maximum atomic E-state index is 12.1. The van der Waals surface area contributed by atoms with Crippen LogP contribution in [0.4, 0.5) is 4.79 Å². The van der Waals surface area contributed by atoms with E-state index < -0.39 is 5.60 Å². The smallest absolute Gasteiger partial charge is 0.410 e. The highest BCUT2D eigenvalue weighted by Gasteiger charge is 2.28. The summed E-state index contributed by atoms with van der Waals surface area (Å²) in [5, 5.41) is 3.31. The highest BCUT2D eigenvalue weighted by atomic mass is 16.6. The molecule has 2 saturated heterocycles. The number of likely N-dealkylation sites (tertiary alicyclic amines) is 2. The van der Waals surface area contributed by atoms with Gasteiger partial charge in [-0.3, -0.25) is 4.79 Å². The minimum absolute atomic E-state index is 0.173.